The van der Waals surface area contributed by atoms with E-state index in [1.54, 1.807) is 36.1 Å². The van der Waals surface area contributed by atoms with Gasteiger partial charge in [-0.2, -0.15) is 0 Å². The van der Waals surface area contributed by atoms with E-state index in [4.69, 9.17) is 4.98 Å². The second kappa shape index (κ2) is 8.26. The highest BCUT2D eigenvalue weighted by Crippen LogP contribution is 2.39. The summed E-state index contributed by atoms with van der Waals surface area (Å²) < 4.78 is 3.52. The maximum absolute atomic E-state index is 5.20. The van der Waals surface area contributed by atoms with Gasteiger partial charge in [-0.15, -0.1) is 11.3 Å². The van der Waals surface area contributed by atoms with Crippen molar-refractivity contribution in [1.82, 2.24) is 29.5 Å². The maximum atomic E-state index is 5.20. The molecule has 8 rings (SSSR count). The lowest BCUT2D eigenvalue weighted by atomic mass is 10.1. The summed E-state index contributed by atoms with van der Waals surface area (Å²) >= 11 is 1.74. The van der Waals surface area contributed by atoms with Gasteiger partial charge in [0.25, 0.3) is 0 Å². The molecule has 0 aliphatic carbocycles. The van der Waals surface area contributed by atoms with Crippen molar-refractivity contribution in [3.8, 4) is 28.5 Å². The molecular formula is C31H18N6S. The molecule has 0 N–H and O–H groups in total. The topological polar surface area (TPSA) is 69.4 Å². The van der Waals surface area contributed by atoms with Crippen LogP contribution in [0.3, 0.4) is 0 Å². The van der Waals surface area contributed by atoms with Crippen LogP contribution in [0.15, 0.2) is 110 Å². The molecule has 0 fully saturated rings. The van der Waals surface area contributed by atoms with Gasteiger partial charge in [-0.3, -0.25) is 0 Å². The lowest BCUT2D eigenvalue weighted by Crippen LogP contribution is -1.98. The Kier molecular flexibility index (Phi) is 4.59. The Morgan fingerprint density at radius 1 is 0.553 bits per heavy atom. The SMILES string of the molecule is c1cnc(-c2cc(-c3ncccn3)cc(-n3c4ccccc4c4nc5sc6ccccc6c5cc43)c2)nc1. The van der Waals surface area contributed by atoms with Gasteiger partial charge in [0.2, 0.25) is 0 Å². The zero-order chi connectivity index (χ0) is 25.1. The summed E-state index contributed by atoms with van der Waals surface area (Å²) in [7, 11) is 0. The van der Waals surface area contributed by atoms with E-state index in [0.29, 0.717) is 11.6 Å². The van der Waals surface area contributed by atoms with E-state index >= 15 is 0 Å². The molecule has 7 heteroatoms. The highest BCUT2D eigenvalue weighted by Gasteiger charge is 2.18. The van der Waals surface area contributed by atoms with E-state index in [2.05, 4.69) is 91.2 Å². The summed E-state index contributed by atoms with van der Waals surface area (Å²) in [5.74, 6) is 1.30. The smallest absolute Gasteiger partial charge is 0.159 e. The number of para-hydroxylation sites is 1. The van der Waals surface area contributed by atoms with Gasteiger partial charge in [0.05, 0.1) is 16.6 Å². The first kappa shape index (κ1) is 21.1. The quantitative estimate of drug-likeness (QED) is 0.249. The molecule has 0 bridgehead atoms. The lowest BCUT2D eigenvalue weighted by Gasteiger charge is -2.12. The minimum atomic E-state index is 0.650. The molecule has 0 unspecified atom stereocenters. The fourth-order valence-electron chi connectivity index (χ4n) is 5.18. The number of pyridine rings is 1. The zero-order valence-corrected chi connectivity index (χ0v) is 20.8. The first-order chi connectivity index (χ1) is 18.8. The van der Waals surface area contributed by atoms with Gasteiger partial charge in [-0.05, 0) is 48.5 Å². The molecule has 6 nitrogen and oxygen atoms in total. The third kappa shape index (κ3) is 3.22. The van der Waals surface area contributed by atoms with Crippen LogP contribution in [0.4, 0.5) is 0 Å². The van der Waals surface area contributed by atoms with E-state index in [-0.39, 0.29) is 0 Å². The molecule has 0 spiro atoms. The van der Waals surface area contributed by atoms with Crippen molar-refractivity contribution in [3.63, 3.8) is 0 Å². The van der Waals surface area contributed by atoms with Crippen LogP contribution in [0, 0.1) is 0 Å². The molecule has 0 saturated carbocycles. The van der Waals surface area contributed by atoms with E-state index in [0.717, 1.165) is 49.0 Å². The van der Waals surface area contributed by atoms with Crippen molar-refractivity contribution in [2.24, 2.45) is 0 Å². The van der Waals surface area contributed by atoms with Crippen LogP contribution in [0.5, 0.6) is 0 Å². The molecule has 5 aromatic heterocycles. The monoisotopic (exact) mass is 506 g/mol. The van der Waals surface area contributed by atoms with Crippen LogP contribution in [-0.2, 0) is 0 Å². The fourth-order valence-corrected chi connectivity index (χ4v) is 6.24. The fraction of sp³-hybridized carbons (Fsp3) is 0. The van der Waals surface area contributed by atoms with Crippen molar-refractivity contribution in [2.75, 3.05) is 0 Å². The van der Waals surface area contributed by atoms with Crippen molar-refractivity contribution in [3.05, 3.63) is 110 Å². The van der Waals surface area contributed by atoms with Crippen LogP contribution in [0.2, 0.25) is 0 Å². The van der Waals surface area contributed by atoms with Crippen molar-refractivity contribution in [1.29, 1.82) is 0 Å². The van der Waals surface area contributed by atoms with E-state index in [9.17, 15) is 0 Å². The van der Waals surface area contributed by atoms with Gasteiger partial charge in [0.1, 0.15) is 4.83 Å². The number of thiophene rings is 1. The Morgan fingerprint density at radius 2 is 1.18 bits per heavy atom. The molecule has 0 amide bonds. The lowest BCUT2D eigenvalue weighted by molar-refractivity contribution is 1.14. The molecule has 0 saturated heterocycles. The van der Waals surface area contributed by atoms with E-state index < -0.39 is 0 Å². The Morgan fingerprint density at radius 3 is 1.89 bits per heavy atom. The molecule has 0 atom stereocenters. The third-order valence-electron chi connectivity index (χ3n) is 6.82. The predicted octanol–water partition coefficient (Wildman–Crippen LogP) is 7.46. The van der Waals surface area contributed by atoms with Gasteiger partial charge in [0.15, 0.2) is 11.6 Å². The average Bonchev–Trinajstić information content (AvgIpc) is 3.51. The second-order valence-electron chi connectivity index (χ2n) is 9.07. The van der Waals surface area contributed by atoms with E-state index in [1.165, 1.54) is 10.1 Å². The van der Waals surface area contributed by atoms with E-state index in [1.807, 2.05) is 18.2 Å². The standard InChI is InChI=1S/C31H18N6S/c1-3-9-25-23(8-1)28-26(18-24-22-7-2-4-10-27(22)38-31(24)36-28)37(25)21-16-19(29-32-11-5-12-33-29)15-20(17-21)30-34-13-6-14-35-30/h1-18H. The number of hydrogen-bond acceptors (Lipinski definition) is 6. The number of nitrogens with zero attached hydrogens (tertiary/aromatic N) is 6. The summed E-state index contributed by atoms with van der Waals surface area (Å²) in [6, 6.07) is 29.2. The van der Waals surface area contributed by atoms with Crippen molar-refractivity contribution >= 4 is 53.6 Å². The largest absolute Gasteiger partial charge is 0.308 e. The summed E-state index contributed by atoms with van der Waals surface area (Å²) in [6.07, 6.45) is 7.04. The minimum absolute atomic E-state index is 0.650. The predicted molar refractivity (Wildman–Crippen MR) is 154 cm³/mol. The Bertz CT molecular complexity index is 2070. The third-order valence-corrected chi connectivity index (χ3v) is 7.90. The van der Waals surface area contributed by atoms with Crippen LogP contribution in [0.25, 0.3) is 70.7 Å². The molecule has 8 aromatic rings. The van der Waals surface area contributed by atoms with Gasteiger partial charge in [-0.25, -0.2) is 24.9 Å². The van der Waals surface area contributed by atoms with Crippen LogP contribution in [-0.4, -0.2) is 29.5 Å². The highest BCUT2D eigenvalue weighted by atomic mass is 32.1. The molecule has 3 aromatic carbocycles. The maximum Gasteiger partial charge on any atom is 0.159 e. The van der Waals surface area contributed by atoms with Crippen LogP contribution < -0.4 is 0 Å². The number of fused-ring (bicyclic) bond motifs is 6. The molecule has 38 heavy (non-hydrogen) atoms. The van der Waals surface area contributed by atoms with Gasteiger partial charge >= 0.3 is 0 Å². The van der Waals surface area contributed by atoms with Gasteiger partial charge in [0, 0.05) is 62.5 Å². The molecular weight excluding hydrogens is 488 g/mol. The first-order valence-corrected chi connectivity index (χ1v) is 13.1. The molecule has 0 aliphatic heterocycles. The van der Waals surface area contributed by atoms with Crippen molar-refractivity contribution in [2.45, 2.75) is 0 Å². The molecule has 178 valence electrons. The Balaban J connectivity index is 1.49. The first-order valence-electron chi connectivity index (χ1n) is 12.3. The number of hydrogen-bond donors (Lipinski definition) is 0. The summed E-state index contributed by atoms with van der Waals surface area (Å²) in [5, 5.41) is 3.50. The number of aromatic nitrogens is 6. The minimum Gasteiger partial charge on any atom is -0.308 e. The van der Waals surface area contributed by atoms with Crippen LogP contribution >= 0.6 is 11.3 Å². The number of benzene rings is 3. The molecule has 5 heterocycles. The molecule has 0 radical (unpaired) electrons. The summed E-state index contributed by atoms with van der Waals surface area (Å²) in [6.45, 7) is 0. The Labute approximate surface area is 220 Å². The average molecular weight is 507 g/mol. The summed E-state index contributed by atoms with van der Waals surface area (Å²) in [4.78, 5) is 24.4. The number of rotatable bonds is 3. The van der Waals surface area contributed by atoms with Gasteiger partial charge < -0.3 is 4.57 Å². The second-order valence-corrected chi connectivity index (χ2v) is 10.1. The normalized spacial score (nSPS) is 11.7. The molecule has 0 aliphatic rings. The highest BCUT2D eigenvalue weighted by molar-refractivity contribution is 7.25. The summed E-state index contributed by atoms with van der Waals surface area (Å²) in [5.41, 5.74) is 5.89. The van der Waals surface area contributed by atoms with Crippen LogP contribution in [0.1, 0.15) is 0 Å². The zero-order valence-electron chi connectivity index (χ0n) is 20.0. The van der Waals surface area contributed by atoms with Crippen molar-refractivity contribution < 1.29 is 0 Å². The van der Waals surface area contributed by atoms with Gasteiger partial charge in [-0.1, -0.05) is 36.4 Å². The Hall–Kier alpha value is -5.01.